The molecule has 1 aromatic carbocycles. The Bertz CT molecular complexity index is 593. The Morgan fingerprint density at radius 1 is 1.15 bits per heavy atom. The van der Waals surface area contributed by atoms with Gasteiger partial charge in [0.25, 0.3) is 0 Å². The van der Waals surface area contributed by atoms with Gasteiger partial charge in [-0.3, -0.25) is 4.90 Å². The van der Waals surface area contributed by atoms with Crippen molar-refractivity contribution >= 4 is 5.71 Å². The molecule has 0 amide bonds. The van der Waals surface area contributed by atoms with E-state index in [0.29, 0.717) is 18.8 Å². The predicted octanol–water partition coefficient (Wildman–Crippen LogP) is 1.51. The summed E-state index contributed by atoms with van der Waals surface area (Å²) in [6.07, 6.45) is 2.54. The number of piperidine rings is 3. The van der Waals surface area contributed by atoms with E-state index in [1.54, 1.807) is 0 Å². The van der Waals surface area contributed by atoms with Crippen molar-refractivity contribution in [3.63, 3.8) is 0 Å². The van der Waals surface area contributed by atoms with E-state index in [2.05, 4.69) is 27.6 Å². The van der Waals surface area contributed by atoms with Crippen LogP contribution in [0, 0.1) is 5.92 Å². The molecule has 1 N–H and O–H groups in total. The molecular weight excluding hydrogens is 254 g/mol. The summed E-state index contributed by atoms with van der Waals surface area (Å²) in [5.74, 6) is 2.39. The highest BCUT2D eigenvalue weighted by molar-refractivity contribution is 5.95. The Morgan fingerprint density at radius 3 is 2.90 bits per heavy atom. The highest BCUT2D eigenvalue weighted by Crippen LogP contribution is 2.41. The third kappa shape index (κ3) is 1.38. The molecule has 6 rings (SSSR count). The minimum Gasteiger partial charge on any atom is -0.454 e. The highest BCUT2D eigenvalue weighted by atomic mass is 16.7. The second-order valence-electron chi connectivity index (χ2n) is 6.01. The van der Waals surface area contributed by atoms with Crippen molar-refractivity contribution < 1.29 is 9.47 Å². The summed E-state index contributed by atoms with van der Waals surface area (Å²) >= 11 is 0. The molecule has 5 aliphatic rings. The van der Waals surface area contributed by atoms with E-state index >= 15 is 0 Å². The summed E-state index contributed by atoms with van der Waals surface area (Å²) in [7, 11) is 0. The molecule has 1 aromatic rings. The Balaban J connectivity index is 1.51. The summed E-state index contributed by atoms with van der Waals surface area (Å²) < 4.78 is 10.9. The van der Waals surface area contributed by atoms with Gasteiger partial charge in [-0.2, -0.15) is 5.10 Å². The normalized spacial score (nSPS) is 36.5. The van der Waals surface area contributed by atoms with E-state index in [9.17, 15) is 0 Å². The maximum atomic E-state index is 5.50. The van der Waals surface area contributed by atoms with Crippen LogP contribution in [0.5, 0.6) is 11.5 Å². The molecule has 0 saturated carbocycles. The average molecular weight is 271 g/mol. The van der Waals surface area contributed by atoms with Crippen molar-refractivity contribution in [1.82, 2.24) is 10.3 Å². The number of nitrogens with one attached hydrogen (secondary N) is 1. The van der Waals surface area contributed by atoms with Gasteiger partial charge in [-0.15, -0.1) is 0 Å². The summed E-state index contributed by atoms with van der Waals surface area (Å²) in [6, 6.07) is 6.92. The quantitative estimate of drug-likeness (QED) is 0.841. The molecular formula is C15H17N3O2. The van der Waals surface area contributed by atoms with Gasteiger partial charge >= 0.3 is 0 Å². The molecule has 3 saturated heterocycles. The Kier molecular flexibility index (Phi) is 2.13. The van der Waals surface area contributed by atoms with Gasteiger partial charge in [0.05, 0.1) is 17.8 Å². The smallest absolute Gasteiger partial charge is 0.231 e. The first-order chi connectivity index (χ1) is 9.90. The molecule has 0 spiro atoms. The predicted molar refractivity (Wildman–Crippen MR) is 74.0 cm³/mol. The second-order valence-corrected chi connectivity index (χ2v) is 6.01. The lowest BCUT2D eigenvalue weighted by Gasteiger charge is -2.45. The fourth-order valence-corrected chi connectivity index (χ4v) is 4.02. The van der Waals surface area contributed by atoms with Gasteiger partial charge in [0.1, 0.15) is 0 Å². The molecule has 5 heterocycles. The van der Waals surface area contributed by atoms with Crippen LogP contribution in [-0.4, -0.2) is 36.5 Å². The molecule has 5 nitrogen and oxygen atoms in total. The second kappa shape index (κ2) is 3.88. The van der Waals surface area contributed by atoms with Gasteiger partial charge in [0, 0.05) is 5.92 Å². The lowest BCUT2D eigenvalue weighted by molar-refractivity contribution is 0.133. The Hall–Kier alpha value is -1.75. The molecule has 5 aliphatic heterocycles. The minimum absolute atomic E-state index is 0.252. The number of benzene rings is 1. The monoisotopic (exact) mass is 271 g/mol. The van der Waals surface area contributed by atoms with E-state index in [-0.39, 0.29) is 6.04 Å². The standard InChI is InChI=1S/C15H17N3O2/c1-2-11-12(20-8-19-11)7-10(1)14-15-13(16-17-14)9-3-5-18(15)6-4-9/h1-2,7,9,14-15,17H,3-6,8H2. The van der Waals surface area contributed by atoms with Gasteiger partial charge in [-0.25, -0.2) is 0 Å². The van der Waals surface area contributed by atoms with Crippen LogP contribution in [0.15, 0.2) is 23.3 Å². The molecule has 2 unspecified atom stereocenters. The first kappa shape index (κ1) is 11.0. The van der Waals surface area contributed by atoms with E-state index in [0.717, 1.165) is 11.5 Å². The zero-order chi connectivity index (χ0) is 13.1. The largest absolute Gasteiger partial charge is 0.454 e. The van der Waals surface area contributed by atoms with Gasteiger partial charge in [-0.05, 0) is 43.6 Å². The fraction of sp³-hybridized carbons (Fsp3) is 0.533. The zero-order valence-corrected chi connectivity index (χ0v) is 11.2. The molecule has 2 atom stereocenters. The molecule has 0 aromatic heterocycles. The lowest BCUT2D eigenvalue weighted by Crippen LogP contribution is -2.56. The first-order valence-corrected chi connectivity index (χ1v) is 7.37. The van der Waals surface area contributed by atoms with Crippen LogP contribution >= 0.6 is 0 Å². The van der Waals surface area contributed by atoms with Crippen molar-refractivity contribution in [3.8, 4) is 11.5 Å². The van der Waals surface area contributed by atoms with E-state index in [1.807, 2.05) is 6.07 Å². The van der Waals surface area contributed by atoms with Crippen LogP contribution < -0.4 is 14.9 Å². The number of hydrazone groups is 1. The number of hydrogen-bond acceptors (Lipinski definition) is 5. The van der Waals surface area contributed by atoms with Crippen LogP contribution in [0.25, 0.3) is 0 Å². The molecule has 0 aliphatic carbocycles. The van der Waals surface area contributed by atoms with Crippen molar-refractivity contribution in [2.45, 2.75) is 24.9 Å². The van der Waals surface area contributed by atoms with Crippen LogP contribution in [0.2, 0.25) is 0 Å². The first-order valence-electron chi connectivity index (χ1n) is 7.37. The summed E-state index contributed by atoms with van der Waals surface area (Å²) in [4.78, 5) is 2.58. The maximum Gasteiger partial charge on any atom is 0.231 e. The zero-order valence-electron chi connectivity index (χ0n) is 11.2. The lowest BCUT2D eigenvalue weighted by atomic mass is 9.78. The molecule has 104 valence electrons. The van der Waals surface area contributed by atoms with Crippen molar-refractivity contribution in [3.05, 3.63) is 23.8 Å². The van der Waals surface area contributed by atoms with Crippen molar-refractivity contribution in [1.29, 1.82) is 0 Å². The molecule has 3 fully saturated rings. The number of fused-ring (bicyclic) bond motifs is 3. The number of ether oxygens (including phenoxy) is 2. The minimum atomic E-state index is 0.252. The van der Waals surface area contributed by atoms with E-state index in [4.69, 9.17) is 9.47 Å². The Labute approximate surface area is 117 Å². The SMILES string of the molecule is c1cc2c(cc1C1NN=C3C4CCN(CC4)C31)OCO2. The van der Waals surface area contributed by atoms with Crippen molar-refractivity contribution in [2.24, 2.45) is 11.0 Å². The van der Waals surface area contributed by atoms with Crippen LogP contribution in [0.4, 0.5) is 0 Å². The molecule has 5 heteroatoms. The van der Waals surface area contributed by atoms with Gasteiger partial charge in [0.2, 0.25) is 6.79 Å². The van der Waals surface area contributed by atoms with Gasteiger partial charge in [-0.1, -0.05) is 6.07 Å². The number of rotatable bonds is 1. The van der Waals surface area contributed by atoms with Gasteiger partial charge in [0.15, 0.2) is 11.5 Å². The number of hydrogen-bond donors (Lipinski definition) is 1. The third-order valence-corrected chi connectivity index (χ3v) is 5.05. The van der Waals surface area contributed by atoms with E-state index in [1.165, 1.54) is 37.2 Å². The van der Waals surface area contributed by atoms with Crippen molar-refractivity contribution in [2.75, 3.05) is 19.9 Å². The Morgan fingerprint density at radius 2 is 2.00 bits per heavy atom. The summed E-state index contributed by atoms with van der Waals surface area (Å²) in [6.45, 7) is 2.74. The molecule has 2 bridgehead atoms. The topological polar surface area (TPSA) is 46.1 Å². The van der Waals surface area contributed by atoms with Crippen LogP contribution in [0.3, 0.4) is 0 Å². The highest BCUT2D eigenvalue weighted by Gasteiger charge is 2.46. The third-order valence-electron chi connectivity index (χ3n) is 5.05. The summed E-state index contributed by atoms with van der Waals surface area (Å²) in [5.41, 5.74) is 5.96. The van der Waals surface area contributed by atoms with Crippen LogP contribution in [0.1, 0.15) is 24.4 Å². The summed E-state index contributed by atoms with van der Waals surface area (Å²) in [5, 5.41) is 4.64. The molecule has 0 radical (unpaired) electrons. The fourth-order valence-electron chi connectivity index (χ4n) is 4.02. The number of nitrogens with zero attached hydrogens (tertiary/aromatic N) is 2. The average Bonchev–Trinajstić information content (AvgIpc) is 3.15. The van der Waals surface area contributed by atoms with Crippen LogP contribution in [-0.2, 0) is 0 Å². The van der Waals surface area contributed by atoms with Gasteiger partial charge < -0.3 is 14.9 Å². The molecule has 20 heavy (non-hydrogen) atoms. The van der Waals surface area contributed by atoms with E-state index < -0.39 is 0 Å². The maximum absolute atomic E-state index is 5.50.